The summed E-state index contributed by atoms with van der Waals surface area (Å²) in [6.07, 6.45) is 0. The fourth-order valence-corrected chi connectivity index (χ4v) is 2.68. The van der Waals surface area contributed by atoms with Gasteiger partial charge in [0, 0.05) is 16.3 Å². The van der Waals surface area contributed by atoms with E-state index in [4.69, 9.17) is 5.26 Å². The number of nitrogens with one attached hydrogen (secondary N) is 2. The minimum Gasteiger partial charge on any atom is -0.318 e. The predicted octanol–water partition coefficient (Wildman–Crippen LogP) is 3.99. The zero-order valence-corrected chi connectivity index (χ0v) is 13.8. The van der Waals surface area contributed by atoms with Crippen LogP contribution in [0, 0.1) is 10.7 Å². The largest absolute Gasteiger partial charge is 0.318 e. The van der Waals surface area contributed by atoms with E-state index in [2.05, 4.69) is 10.6 Å². The van der Waals surface area contributed by atoms with Gasteiger partial charge in [-0.15, -0.1) is 0 Å². The topological polar surface area (TPSA) is 82.0 Å². The van der Waals surface area contributed by atoms with Crippen LogP contribution in [0.3, 0.4) is 0 Å². The molecule has 6 heteroatoms. The predicted molar refractivity (Wildman–Crippen MR) is 99.1 cm³/mol. The van der Waals surface area contributed by atoms with E-state index in [1.54, 1.807) is 30.3 Å². The minimum atomic E-state index is -0.756. The summed E-state index contributed by atoms with van der Waals surface area (Å²) < 4.78 is 0. The van der Waals surface area contributed by atoms with Gasteiger partial charge in [-0.1, -0.05) is 30.3 Å². The Morgan fingerprint density at radius 3 is 2.08 bits per heavy atom. The third-order valence-corrected chi connectivity index (χ3v) is 4.09. The molecule has 0 unspecified atom stereocenters. The third kappa shape index (κ3) is 4.16. The van der Waals surface area contributed by atoms with E-state index in [0.29, 0.717) is 11.4 Å². The summed E-state index contributed by atoms with van der Waals surface area (Å²) in [7, 11) is 0. The van der Waals surface area contributed by atoms with Crippen LogP contribution in [0.4, 0.5) is 11.4 Å². The first kappa shape index (κ1) is 16.6. The van der Waals surface area contributed by atoms with Crippen LogP contribution in [0.1, 0.15) is 0 Å². The minimum absolute atomic E-state index is 0.487. The second kappa shape index (κ2) is 7.51. The van der Waals surface area contributed by atoms with Crippen LogP contribution in [0.15, 0.2) is 71.6 Å². The number of benzene rings is 3. The molecule has 0 saturated carbocycles. The molecule has 0 heterocycles. The van der Waals surface area contributed by atoms with Gasteiger partial charge in [0.2, 0.25) is 0 Å². The number of nitrogens with zero attached hydrogens (tertiary/aromatic N) is 1. The molecule has 122 valence electrons. The van der Waals surface area contributed by atoms with Crippen LogP contribution in [-0.4, -0.2) is 11.8 Å². The summed E-state index contributed by atoms with van der Waals surface area (Å²) in [5.74, 6) is -1.50. The van der Waals surface area contributed by atoms with Crippen molar-refractivity contribution in [2.24, 2.45) is 0 Å². The number of rotatable bonds is 3. The second-order valence-electron chi connectivity index (χ2n) is 5.19. The summed E-state index contributed by atoms with van der Waals surface area (Å²) in [4.78, 5) is 24.8. The van der Waals surface area contributed by atoms with Crippen LogP contribution in [-0.2, 0) is 9.59 Å². The van der Waals surface area contributed by atoms with Gasteiger partial charge in [0.05, 0.1) is 0 Å². The van der Waals surface area contributed by atoms with E-state index in [1.807, 2.05) is 41.8 Å². The van der Waals surface area contributed by atoms with Crippen molar-refractivity contribution in [3.05, 3.63) is 66.7 Å². The number of carbonyl (C=O) groups excluding carboxylic acids is 2. The smallest absolute Gasteiger partial charge is 0.314 e. The highest BCUT2D eigenvalue weighted by Crippen LogP contribution is 2.20. The molecule has 0 saturated heterocycles. The van der Waals surface area contributed by atoms with Crippen LogP contribution < -0.4 is 10.6 Å². The van der Waals surface area contributed by atoms with Gasteiger partial charge in [0.1, 0.15) is 5.40 Å². The monoisotopic (exact) mass is 347 g/mol. The molecule has 5 nitrogen and oxygen atoms in total. The molecule has 0 spiro atoms. The maximum Gasteiger partial charge on any atom is 0.314 e. The Bertz CT molecular complexity index is 978. The SMILES string of the molecule is N#CSc1ccc(NC(=O)C(=O)Nc2ccc3ccccc3c2)cc1. The molecule has 0 aliphatic carbocycles. The molecule has 25 heavy (non-hydrogen) atoms. The molecule has 0 aromatic heterocycles. The van der Waals surface area contributed by atoms with Gasteiger partial charge in [-0.3, -0.25) is 9.59 Å². The number of fused-ring (bicyclic) bond motifs is 1. The lowest BCUT2D eigenvalue weighted by molar-refractivity contribution is -0.132. The molecule has 0 aliphatic rings. The molecule has 2 amide bonds. The summed E-state index contributed by atoms with van der Waals surface area (Å²) in [6.45, 7) is 0. The summed E-state index contributed by atoms with van der Waals surface area (Å²) in [5.41, 5.74) is 1.04. The summed E-state index contributed by atoms with van der Waals surface area (Å²) in [6, 6.07) is 19.9. The van der Waals surface area contributed by atoms with Crippen molar-refractivity contribution in [2.45, 2.75) is 4.90 Å². The number of thioether (sulfide) groups is 1. The normalized spacial score (nSPS) is 10.0. The second-order valence-corrected chi connectivity index (χ2v) is 6.05. The Labute approximate surface area is 148 Å². The molecule has 3 aromatic rings. The number of hydrogen-bond donors (Lipinski definition) is 2. The van der Waals surface area contributed by atoms with Crippen molar-refractivity contribution in [2.75, 3.05) is 10.6 Å². The standard InChI is InChI=1S/C19H13N3O2S/c20-12-25-17-9-7-15(8-10-17)21-18(23)19(24)22-16-6-5-13-3-1-2-4-14(13)11-16/h1-11H,(H,21,23)(H,22,24). The Kier molecular flexibility index (Phi) is 4.97. The molecule has 0 atom stereocenters. The first-order valence-electron chi connectivity index (χ1n) is 7.43. The first-order valence-corrected chi connectivity index (χ1v) is 8.24. The van der Waals surface area contributed by atoms with E-state index in [0.717, 1.165) is 27.4 Å². The number of carbonyl (C=O) groups is 2. The number of hydrogen-bond acceptors (Lipinski definition) is 4. The van der Waals surface area contributed by atoms with Crippen LogP contribution in [0.25, 0.3) is 10.8 Å². The lowest BCUT2D eigenvalue weighted by Crippen LogP contribution is -2.29. The molecule has 0 radical (unpaired) electrons. The Hall–Kier alpha value is -3.30. The van der Waals surface area contributed by atoms with Crippen molar-refractivity contribution in [3.8, 4) is 5.40 Å². The Morgan fingerprint density at radius 1 is 0.800 bits per heavy atom. The van der Waals surface area contributed by atoms with Crippen molar-refractivity contribution in [1.82, 2.24) is 0 Å². The van der Waals surface area contributed by atoms with Gasteiger partial charge in [-0.05, 0) is 58.9 Å². The van der Waals surface area contributed by atoms with Crippen molar-refractivity contribution in [1.29, 1.82) is 5.26 Å². The molecule has 0 aliphatic heterocycles. The van der Waals surface area contributed by atoms with E-state index in [9.17, 15) is 9.59 Å². The Morgan fingerprint density at radius 2 is 1.40 bits per heavy atom. The molecule has 3 aromatic carbocycles. The van der Waals surface area contributed by atoms with Crippen LogP contribution >= 0.6 is 11.8 Å². The van der Waals surface area contributed by atoms with Crippen LogP contribution in [0.5, 0.6) is 0 Å². The quantitative estimate of drug-likeness (QED) is 0.426. The summed E-state index contributed by atoms with van der Waals surface area (Å²) >= 11 is 1.03. The highest BCUT2D eigenvalue weighted by molar-refractivity contribution is 8.03. The van der Waals surface area contributed by atoms with Crippen molar-refractivity contribution in [3.63, 3.8) is 0 Å². The number of amides is 2. The van der Waals surface area contributed by atoms with Gasteiger partial charge in [-0.2, -0.15) is 5.26 Å². The summed E-state index contributed by atoms with van der Waals surface area (Å²) in [5, 5.41) is 17.7. The average molecular weight is 347 g/mol. The van der Waals surface area contributed by atoms with Gasteiger partial charge in [0.15, 0.2) is 0 Å². The fraction of sp³-hybridized carbons (Fsp3) is 0. The lowest BCUT2D eigenvalue weighted by Gasteiger charge is -2.08. The van der Waals surface area contributed by atoms with E-state index in [1.165, 1.54) is 0 Å². The zero-order chi connectivity index (χ0) is 17.6. The number of anilines is 2. The lowest BCUT2D eigenvalue weighted by atomic mass is 10.1. The van der Waals surface area contributed by atoms with Gasteiger partial charge >= 0.3 is 11.8 Å². The highest BCUT2D eigenvalue weighted by Gasteiger charge is 2.14. The molecule has 2 N–H and O–H groups in total. The number of nitriles is 1. The van der Waals surface area contributed by atoms with Crippen molar-refractivity contribution >= 4 is 45.7 Å². The third-order valence-electron chi connectivity index (χ3n) is 3.49. The van der Waals surface area contributed by atoms with E-state index in [-0.39, 0.29) is 0 Å². The zero-order valence-electron chi connectivity index (χ0n) is 13.0. The molecule has 0 bridgehead atoms. The van der Waals surface area contributed by atoms with Crippen LogP contribution in [0.2, 0.25) is 0 Å². The Balaban J connectivity index is 1.65. The average Bonchev–Trinajstić information content (AvgIpc) is 2.63. The number of thiocyanates is 1. The molecule has 0 fully saturated rings. The van der Waals surface area contributed by atoms with E-state index < -0.39 is 11.8 Å². The maximum absolute atomic E-state index is 12.1. The van der Waals surface area contributed by atoms with Gasteiger partial charge in [0.25, 0.3) is 0 Å². The highest BCUT2D eigenvalue weighted by atomic mass is 32.2. The van der Waals surface area contributed by atoms with E-state index >= 15 is 0 Å². The van der Waals surface area contributed by atoms with Gasteiger partial charge in [-0.25, -0.2) is 0 Å². The first-order chi connectivity index (χ1) is 12.2. The maximum atomic E-state index is 12.1. The molecular formula is C19H13N3O2S. The van der Waals surface area contributed by atoms with Crippen molar-refractivity contribution < 1.29 is 9.59 Å². The fourth-order valence-electron chi connectivity index (χ4n) is 2.30. The van der Waals surface area contributed by atoms with Gasteiger partial charge < -0.3 is 10.6 Å². The molecule has 3 rings (SSSR count). The molecular weight excluding hydrogens is 334 g/mol.